The minimum absolute atomic E-state index is 0.304. The zero-order valence-electron chi connectivity index (χ0n) is 17.2. The van der Waals surface area contributed by atoms with Crippen LogP contribution in [0.2, 0.25) is 0 Å². The Morgan fingerprint density at radius 3 is 2.53 bits per heavy atom. The van der Waals surface area contributed by atoms with Gasteiger partial charge in [-0.25, -0.2) is 4.79 Å². The summed E-state index contributed by atoms with van der Waals surface area (Å²) in [5, 5.41) is 0. The fourth-order valence-corrected chi connectivity index (χ4v) is 4.02. The zero-order valence-corrected chi connectivity index (χ0v) is 17.2. The number of para-hydroxylation sites is 1. The number of ether oxygens (including phenoxy) is 1. The van der Waals surface area contributed by atoms with Gasteiger partial charge >= 0.3 is 5.69 Å². The van der Waals surface area contributed by atoms with Gasteiger partial charge in [0.05, 0.1) is 0 Å². The van der Waals surface area contributed by atoms with Crippen molar-refractivity contribution in [1.82, 2.24) is 14.5 Å². The van der Waals surface area contributed by atoms with Crippen LogP contribution in [-0.4, -0.2) is 27.5 Å². The highest BCUT2D eigenvalue weighted by Crippen LogP contribution is 2.23. The summed E-state index contributed by atoms with van der Waals surface area (Å²) in [6.45, 7) is 5.23. The number of piperidine rings is 1. The van der Waals surface area contributed by atoms with E-state index in [1.807, 2.05) is 42.5 Å². The Bertz CT molecular complexity index is 1090. The second kappa shape index (κ2) is 9.13. The molecule has 6 nitrogen and oxygen atoms in total. The first kappa shape index (κ1) is 20.2. The molecule has 6 heteroatoms. The number of aryl methyl sites for hydroxylation is 1. The SMILES string of the molecule is Cc1cn(CC2CCCN(Cc3ccc(Oc4ccccc4)cc3)C2)c(=O)[nH]c1=O. The molecule has 1 aliphatic heterocycles. The minimum atomic E-state index is -0.322. The Morgan fingerprint density at radius 1 is 1.03 bits per heavy atom. The molecule has 0 aliphatic carbocycles. The summed E-state index contributed by atoms with van der Waals surface area (Å²) in [5.74, 6) is 2.05. The fourth-order valence-electron chi connectivity index (χ4n) is 4.02. The maximum absolute atomic E-state index is 12.1. The van der Waals surface area contributed by atoms with E-state index >= 15 is 0 Å². The van der Waals surface area contributed by atoms with Crippen LogP contribution in [0.4, 0.5) is 0 Å². The molecular weight excluding hydrogens is 378 g/mol. The summed E-state index contributed by atoms with van der Waals surface area (Å²) in [6.07, 6.45) is 3.87. The van der Waals surface area contributed by atoms with E-state index in [4.69, 9.17) is 4.74 Å². The average molecular weight is 405 g/mol. The molecule has 0 amide bonds. The van der Waals surface area contributed by atoms with Gasteiger partial charge in [0.1, 0.15) is 11.5 Å². The number of likely N-dealkylation sites (tertiary alicyclic amines) is 1. The molecule has 2 aromatic carbocycles. The number of nitrogens with zero attached hydrogens (tertiary/aromatic N) is 2. The second-order valence-corrected chi connectivity index (χ2v) is 8.03. The van der Waals surface area contributed by atoms with E-state index in [1.165, 1.54) is 5.56 Å². The van der Waals surface area contributed by atoms with Crippen LogP contribution in [0.15, 0.2) is 70.4 Å². The third-order valence-corrected chi connectivity index (χ3v) is 5.56. The number of aromatic amines is 1. The monoisotopic (exact) mass is 405 g/mol. The Labute approximate surface area is 175 Å². The van der Waals surface area contributed by atoms with Gasteiger partial charge in [-0.1, -0.05) is 30.3 Å². The normalized spacial score (nSPS) is 17.0. The lowest BCUT2D eigenvalue weighted by Gasteiger charge is -2.33. The largest absolute Gasteiger partial charge is 0.457 e. The lowest BCUT2D eigenvalue weighted by Crippen LogP contribution is -2.39. The van der Waals surface area contributed by atoms with Crippen LogP contribution in [0, 0.1) is 12.8 Å². The van der Waals surface area contributed by atoms with Crippen molar-refractivity contribution in [2.45, 2.75) is 32.9 Å². The van der Waals surface area contributed by atoms with E-state index < -0.39 is 0 Å². The summed E-state index contributed by atoms with van der Waals surface area (Å²) in [4.78, 5) is 28.5. The molecule has 0 bridgehead atoms. The second-order valence-electron chi connectivity index (χ2n) is 8.03. The molecule has 1 unspecified atom stereocenters. The van der Waals surface area contributed by atoms with E-state index in [0.29, 0.717) is 18.0 Å². The highest BCUT2D eigenvalue weighted by atomic mass is 16.5. The standard InChI is InChI=1S/C24H27N3O3/c1-18-14-27(24(29)25-23(18)28)17-20-6-5-13-26(16-20)15-19-9-11-22(12-10-19)30-21-7-3-2-4-8-21/h2-4,7-12,14,20H,5-6,13,15-17H2,1H3,(H,25,28,29). The summed E-state index contributed by atoms with van der Waals surface area (Å²) < 4.78 is 7.50. The van der Waals surface area contributed by atoms with Gasteiger partial charge in [-0.2, -0.15) is 0 Å². The summed E-state index contributed by atoms with van der Waals surface area (Å²) >= 11 is 0. The van der Waals surface area contributed by atoms with Crippen LogP contribution < -0.4 is 16.0 Å². The highest BCUT2D eigenvalue weighted by molar-refractivity contribution is 5.32. The smallest absolute Gasteiger partial charge is 0.328 e. The van der Waals surface area contributed by atoms with Crippen molar-refractivity contribution in [3.63, 3.8) is 0 Å². The predicted octanol–water partition coefficient (Wildman–Crippen LogP) is 3.55. The summed E-state index contributed by atoms with van der Waals surface area (Å²) in [5.41, 5.74) is 1.19. The fraction of sp³-hybridized carbons (Fsp3) is 0.333. The third kappa shape index (κ3) is 5.07. The van der Waals surface area contributed by atoms with E-state index in [9.17, 15) is 9.59 Å². The van der Waals surface area contributed by atoms with Crippen molar-refractivity contribution in [2.75, 3.05) is 13.1 Å². The molecular formula is C24H27N3O3. The lowest BCUT2D eigenvalue weighted by molar-refractivity contribution is 0.155. The number of nitrogens with one attached hydrogen (secondary N) is 1. The van der Waals surface area contributed by atoms with Gasteiger partial charge in [-0.05, 0) is 62.1 Å². The van der Waals surface area contributed by atoms with E-state index in [1.54, 1.807) is 17.7 Å². The van der Waals surface area contributed by atoms with Crippen molar-refractivity contribution in [3.8, 4) is 11.5 Å². The topological polar surface area (TPSA) is 67.3 Å². The number of H-pyrrole nitrogens is 1. The molecule has 1 atom stereocenters. The Balaban J connectivity index is 1.35. The quantitative estimate of drug-likeness (QED) is 0.681. The highest BCUT2D eigenvalue weighted by Gasteiger charge is 2.21. The molecule has 1 aromatic heterocycles. The van der Waals surface area contributed by atoms with E-state index in [0.717, 1.165) is 44.0 Å². The molecule has 4 rings (SSSR count). The number of aromatic nitrogens is 2. The molecule has 1 saturated heterocycles. The molecule has 3 aromatic rings. The van der Waals surface area contributed by atoms with Crippen LogP contribution in [0.5, 0.6) is 11.5 Å². The Morgan fingerprint density at radius 2 is 1.77 bits per heavy atom. The van der Waals surface area contributed by atoms with Crippen molar-refractivity contribution >= 4 is 0 Å². The van der Waals surface area contributed by atoms with Crippen LogP contribution in [0.3, 0.4) is 0 Å². The molecule has 0 saturated carbocycles. The van der Waals surface area contributed by atoms with Gasteiger partial charge < -0.3 is 9.30 Å². The van der Waals surface area contributed by atoms with Crippen molar-refractivity contribution < 1.29 is 4.74 Å². The van der Waals surface area contributed by atoms with Gasteiger partial charge in [0, 0.05) is 31.4 Å². The van der Waals surface area contributed by atoms with Crippen LogP contribution >= 0.6 is 0 Å². The number of rotatable bonds is 6. The number of hydrogen-bond donors (Lipinski definition) is 1. The maximum Gasteiger partial charge on any atom is 0.328 e. The number of hydrogen-bond acceptors (Lipinski definition) is 4. The van der Waals surface area contributed by atoms with Crippen LogP contribution in [0.25, 0.3) is 0 Å². The van der Waals surface area contributed by atoms with Gasteiger partial charge in [-0.3, -0.25) is 14.7 Å². The minimum Gasteiger partial charge on any atom is -0.457 e. The van der Waals surface area contributed by atoms with Gasteiger partial charge in [0.15, 0.2) is 0 Å². The molecule has 2 heterocycles. The Hall–Kier alpha value is -3.12. The van der Waals surface area contributed by atoms with Crippen molar-refractivity contribution in [1.29, 1.82) is 0 Å². The van der Waals surface area contributed by atoms with Gasteiger partial charge in [0.25, 0.3) is 5.56 Å². The van der Waals surface area contributed by atoms with Crippen LogP contribution in [-0.2, 0) is 13.1 Å². The third-order valence-electron chi connectivity index (χ3n) is 5.56. The van der Waals surface area contributed by atoms with Crippen LogP contribution in [0.1, 0.15) is 24.0 Å². The molecule has 0 spiro atoms. The zero-order chi connectivity index (χ0) is 20.9. The van der Waals surface area contributed by atoms with Gasteiger partial charge in [0.2, 0.25) is 0 Å². The number of benzene rings is 2. The lowest BCUT2D eigenvalue weighted by atomic mass is 9.97. The molecule has 0 radical (unpaired) electrons. The van der Waals surface area contributed by atoms with Crippen molar-refractivity contribution in [3.05, 3.63) is 92.8 Å². The molecule has 1 aliphatic rings. The first-order chi connectivity index (χ1) is 14.6. The van der Waals surface area contributed by atoms with E-state index in [2.05, 4.69) is 22.0 Å². The molecule has 1 N–H and O–H groups in total. The molecule has 156 valence electrons. The first-order valence-corrected chi connectivity index (χ1v) is 10.4. The average Bonchev–Trinajstić information content (AvgIpc) is 2.74. The summed E-state index contributed by atoms with van der Waals surface area (Å²) in [6, 6.07) is 18.0. The predicted molar refractivity (Wildman–Crippen MR) is 117 cm³/mol. The van der Waals surface area contributed by atoms with E-state index in [-0.39, 0.29) is 11.2 Å². The van der Waals surface area contributed by atoms with Gasteiger partial charge in [-0.15, -0.1) is 0 Å². The maximum atomic E-state index is 12.1. The Kier molecular flexibility index (Phi) is 6.14. The molecule has 30 heavy (non-hydrogen) atoms. The first-order valence-electron chi connectivity index (χ1n) is 10.4. The summed E-state index contributed by atoms with van der Waals surface area (Å²) in [7, 11) is 0. The van der Waals surface area contributed by atoms with Crippen molar-refractivity contribution in [2.24, 2.45) is 5.92 Å². The molecule has 1 fully saturated rings.